The van der Waals surface area contributed by atoms with E-state index in [1.807, 2.05) is 6.08 Å². The van der Waals surface area contributed by atoms with Crippen molar-refractivity contribution in [2.45, 2.75) is 64.8 Å². The molecule has 2 bridgehead atoms. The zero-order valence-electron chi connectivity index (χ0n) is 22.2. The lowest BCUT2D eigenvalue weighted by Gasteiger charge is -2.21. The van der Waals surface area contributed by atoms with Gasteiger partial charge in [-0.3, -0.25) is 19.2 Å². The van der Waals surface area contributed by atoms with E-state index in [0.29, 0.717) is 49.5 Å². The third-order valence-electron chi connectivity index (χ3n) is 9.21. The fraction of sp³-hybridized carbons (Fsp3) is 0.600. The van der Waals surface area contributed by atoms with Gasteiger partial charge in [0.15, 0.2) is 11.6 Å². The average molecular weight is 509 g/mol. The van der Waals surface area contributed by atoms with Gasteiger partial charge in [-0.2, -0.15) is 0 Å². The van der Waals surface area contributed by atoms with Gasteiger partial charge in [0.1, 0.15) is 11.3 Å². The van der Waals surface area contributed by atoms with Crippen LogP contribution in [0.2, 0.25) is 0 Å². The molecule has 4 rings (SSSR count). The lowest BCUT2D eigenvalue weighted by Crippen LogP contribution is -2.33. The molecule has 0 spiro atoms. The van der Waals surface area contributed by atoms with Crippen LogP contribution in [0.25, 0.3) is 0 Å². The van der Waals surface area contributed by atoms with Gasteiger partial charge in [0.05, 0.1) is 6.04 Å². The second kappa shape index (κ2) is 11.6. The lowest BCUT2D eigenvalue weighted by molar-refractivity contribution is -0.128. The van der Waals surface area contributed by atoms with E-state index in [1.165, 1.54) is 11.0 Å². The van der Waals surface area contributed by atoms with Crippen LogP contribution < -0.4 is 5.32 Å². The van der Waals surface area contributed by atoms with Crippen molar-refractivity contribution in [2.75, 3.05) is 13.6 Å². The zero-order chi connectivity index (χ0) is 26.7. The van der Waals surface area contributed by atoms with Crippen LogP contribution >= 0.6 is 0 Å². The molecule has 7 atom stereocenters. The minimum Gasteiger partial charge on any atom is -0.509 e. The maximum atomic E-state index is 13.4. The summed E-state index contributed by atoms with van der Waals surface area (Å²) in [6.07, 6.45) is 15.1. The second-order valence-electron chi connectivity index (χ2n) is 11.2. The van der Waals surface area contributed by atoms with Gasteiger partial charge in [0, 0.05) is 32.0 Å². The van der Waals surface area contributed by atoms with Crippen LogP contribution in [0, 0.1) is 35.5 Å². The fourth-order valence-corrected chi connectivity index (χ4v) is 7.17. The number of hydrogen-bond acceptors (Lipinski definition) is 5. The van der Waals surface area contributed by atoms with Crippen molar-refractivity contribution >= 4 is 23.4 Å². The first kappa shape index (κ1) is 27.1. The summed E-state index contributed by atoms with van der Waals surface area (Å²) in [5.74, 6) is 0.960. The molecule has 0 aromatic rings. The molecule has 200 valence electrons. The van der Waals surface area contributed by atoms with E-state index in [1.54, 1.807) is 25.3 Å². The minimum atomic E-state index is -0.554. The third kappa shape index (κ3) is 5.51. The number of aliphatic hydroxyl groups excluding tert-OH is 1. The van der Waals surface area contributed by atoms with Gasteiger partial charge in [0.2, 0.25) is 5.91 Å². The number of carbonyl (C=O) groups excluding carboxylic acids is 4. The number of fused-ring (bicyclic) bond motifs is 4. The molecule has 2 amide bonds. The molecule has 7 heteroatoms. The van der Waals surface area contributed by atoms with E-state index in [9.17, 15) is 24.3 Å². The van der Waals surface area contributed by atoms with Gasteiger partial charge in [-0.15, -0.1) is 0 Å². The molecule has 0 saturated heterocycles. The van der Waals surface area contributed by atoms with Crippen LogP contribution in [0.5, 0.6) is 0 Å². The van der Waals surface area contributed by atoms with Crippen LogP contribution in [-0.2, 0) is 19.2 Å². The van der Waals surface area contributed by atoms with E-state index in [2.05, 4.69) is 25.2 Å². The van der Waals surface area contributed by atoms with Crippen molar-refractivity contribution in [3.8, 4) is 0 Å². The molecular formula is C30H40N2O5. The van der Waals surface area contributed by atoms with Crippen molar-refractivity contribution in [1.82, 2.24) is 10.2 Å². The maximum Gasteiger partial charge on any atom is 0.261 e. The van der Waals surface area contributed by atoms with Gasteiger partial charge in [-0.05, 0) is 67.8 Å². The number of nitrogens with zero attached hydrogens (tertiary/aromatic N) is 1. The smallest absolute Gasteiger partial charge is 0.261 e. The summed E-state index contributed by atoms with van der Waals surface area (Å²) >= 11 is 0. The van der Waals surface area contributed by atoms with Gasteiger partial charge < -0.3 is 15.3 Å². The van der Waals surface area contributed by atoms with E-state index < -0.39 is 11.9 Å². The van der Waals surface area contributed by atoms with Crippen LogP contribution in [-0.4, -0.2) is 53.0 Å². The Morgan fingerprint density at radius 1 is 1.08 bits per heavy atom. The topological polar surface area (TPSA) is 104 Å². The third-order valence-corrected chi connectivity index (χ3v) is 9.21. The summed E-state index contributed by atoms with van der Waals surface area (Å²) in [6, 6.07) is -0.554. The van der Waals surface area contributed by atoms with E-state index >= 15 is 0 Å². The largest absolute Gasteiger partial charge is 0.509 e. The maximum absolute atomic E-state index is 13.4. The molecule has 2 saturated carbocycles. The second-order valence-corrected chi connectivity index (χ2v) is 11.2. The molecule has 0 radical (unpaired) electrons. The number of ketones is 2. The highest BCUT2D eigenvalue weighted by Crippen LogP contribution is 2.56. The van der Waals surface area contributed by atoms with Crippen molar-refractivity contribution in [2.24, 2.45) is 35.5 Å². The van der Waals surface area contributed by atoms with Gasteiger partial charge >= 0.3 is 0 Å². The summed E-state index contributed by atoms with van der Waals surface area (Å²) < 4.78 is 0. The van der Waals surface area contributed by atoms with Crippen molar-refractivity contribution in [3.63, 3.8) is 0 Å². The first-order valence-electron chi connectivity index (χ1n) is 13.8. The number of hydrogen-bond donors (Lipinski definition) is 2. The molecule has 2 aliphatic carbocycles. The highest BCUT2D eigenvalue weighted by Gasteiger charge is 2.52. The SMILES string of the molecule is CCC1CC2C(CC3C=CCCC(=O)C4=C(O)C(CCCNC(=O)C=CC=CC(=O)C32)N(C)C4=O)C1C. The van der Waals surface area contributed by atoms with Crippen LogP contribution in [0.1, 0.15) is 58.8 Å². The zero-order valence-corrected chi connectivity index (χ0v) is 22.2. The molecule has 2 aliphatic heterocycles. The number of aliphatic hydroxyl groups is 1. The van der Waals surface area contributed by atoms with E-state index in [0.717, 1.165) is 19.3 Å². The average Bonchev–Trinajstić information content (AvgIpc) is 3.45. The Hall–Kier alpha value is -2.96. The number of nitrogens with one attached hydrogen (secondary N) is 1. The predicted molar refractivity (Wildman–Crippen MR) is 141 cm³/mol. The van der Waals surface area contributed by atoms with Crippen LogP contribution in [0.15, 0.2) is 47.8 Å². The van der Waals surface area contributed by atoms with Gasteiger partial charge in [-0.25, -0.2) is 0 Å². The first-order chi connectivity index (χ1) is 17.7. The molecule has 0 aromatic carbocycles. The normalized spacial score (nSPS) is 35.6. The molecule has 2 fully saturated rings. The number of Topliss-reactive ketones (excluding diaryl/α,β-unsaturated/α-hetero) is 1. The number of allylic oxidation sites excluding steroid dienone is 5. The lowest BCUT2D eigenvalue weighted by atomic mass is 9.82. The summed E-state index contributed by atoms with van der Waals surface area (Å²) in [6.45, 7) is 4.91. The molecule has 2 N–H and O–H groups in total. The standard InChI is InChI=1S/C30H40N2O5/c1-4-19-16-22-21(18(19)2)17-20-10-5-6-13-25(34)28-29(36)23(32(3)30(28)37)11-9-15-31-26(35)14-8-7-12-24(33)27(20)22/h5,7-8,10,12,14,18-23,27,36H,4,6,9,11,13,15-17H2,1-3H3,(H,31,35). The molecule has 4 aliphatic rings. The van der Waals surface area contributed by atoms with Crippen LogP contribution in [0.3, 0.4) is 0 Å². The van der Waals surface area contributed by atoms with E-state index in [4.69, 9.17) is 0 Å². The van der Waals surface area contributed by atoms with Gasteiger partial charge in [-0.1, -0.05) is 44.6 Å². The quantitative estimate of drug-likeness (QED) is 0.411. The fourth-order valence-electron chi connectivity index (χ4n) is 7.17. The van der Waals surface area contributed by atoms with Crippen LogP contribution in [0.4, 0.5) is 0 Å². The number of carbonyl (C=O) groups is 4. The van der Waals surface area contributed by atoms with Crippen molar-refractivity contribution in [1.29, 1.82) is 0 Å². The molecule has 37 heavy (non-hydrogen) atoms. The Morgan fingerprint density at radius 3 is 2.59 bits per heavy atom. The van der Waals surface area contributed by atoms with E-state index in [-0.39, 0.29) is 47.1 Å². The summed E-state index contributed by atoms with van der Waals surface area (Å²) in [5, 5.41) is 13.5. The monoisotopic (exact) mass is 508 g/mol. The molecule has 7 nitrogen and oxygen atoms in total. The Morgan fingerprint density at radius 2 is 1.84 bits per heavy atom. The molecule has 0 aromatic heterocycles. The predicted octanol–water partition coefficient (Wildman–Crippen LogP) is 4.07. The molecule has 7 unspecified atom stereocenters. The first-order valence-corrected chi connectivity index (χ1v) is 13.8. The summed E-state index contributed by atoms with van der Waals surface area (Å²) in [5.41, 5.74) is -0.115. The highest BCUT2D eigenvalue weighted by atomic mass is 16.3. The Labute approximate surface area is 219 Å². The highest BCUT2D eigenvalue weighted by molar-refractivity contribution is 6.21. The molecule has 2 heterocycles. The minimum absolute atomic E-state index is 0.0994. The Kier molecular flexibility index (Phi) is 8.50. The molecular weight excluding hydrogens is 468 g/mol. The number of likely N-dealkylation sites (N-methyl/N-ethyl adjacent to an activating group) is 1. The summed E-state index contributed by atoms with van der Waals surface area (Å²) in [7, 11) is 1.59. The Bertz CT molecular complexity index is 1050. The summed E-state index contributed by atoms with van der Waals surface area (Å²) in [4.78, 5) is 52.5. The Balaban J connectivity index is 1.56. The van der Waals surface area contributed by atoms with Crippen molar-refractivity contribution in [3.05, 3.63) is 47.8 Å². The number of rotatable bonds is 1. The van der Waals surface area contributed by atoms with Gasteiger partial charge in [0.25, 0.3) is 5.91 Å². The van der Waals surface area contributed by atoms with Crippen molar-refractivity contribution < 1.29 is 24.3 Å². The number of amides is 2.